The van der Waals surface area contributed by atoms with Crippen molar-refractivity contribution in [2.24, 2.45) is 7.05 Å². The summed E-state index contributed by atoms with van der Waals surface area (Å²) in [6, 6.07) is 5.23. The van der Waals surface area contributed by atoms with Crippen LogP contribution in [0.5, 0.6) is 11.5 Å². The molecular formula is C15H19BrN2O3. The Kier molecular flexibility index (Phi) is 5.96. The molecule has 0 fully saturated rings. The summed E-state index contributed by atoms with van der Waals surface area (Å²) in [7, 11) is 5.08. The molecular weight excluding hydrogens is 336 g/mol. The number of methoxy groups -OCH3 is 2. The molecule has 1 aromatic heterocycles. The number of hydrogen-bond donors (Lipinski definition) is 0. The molecule has 1 aromatic carbocycles. The van der Waals surface area contributed by atoms with Crippen LogP contribution in [-0.2, 0) is 13.6 Å². The van der Waals surface area contributed by atoms with Crippen molar-refractivity contribution < 1.29 is 35.8 Å². The molecule has 0 radical (unpaired) electrons. The Morgan fingerprint density at radius 3 is 2.52 bits per heavy atom. The average Bonchev–Trinajstić information content (AvgIpc) is 2.78. The van der Waals surface area contributed by atoms with Crippen LogP contribution in [0.15, 0.2) is 30.6 Å². The number of benzene rings is 1. The Morgan fingerprint density at radius 1 is 1.29 bits per heavy atom. The van der Waals surface area contributed by atoms with Crippen molar-refractivity contribution in [2.75, 3.05) is 14.2 Å². The van der Waals surface area contributed by atoms with Crippen LogP contribution in [0.25, 0.3) is 0 Å². The topological polar surface area (TPSA) is 44.3 Å². The molecule has 2 rings (SSSR count). The number of ether oxygens (including phenoxy) is 2. The number of carbonyl (C=O) groups excluding carboxylic acids is 1. The molecule has 0 aliphatic heterocycles. The van der Waals surface area contributed by atoms with Gasteiger partial charge in [-0.2, -0.15) is 0 Å². The van der Waals surface area contributed by atoms with E-state index in [-0.39, 0.29) is 29.3 Å². The van der Waals surface area contributed by atoms with Crippen molar-refractivity contribution in [3.63, 3.8) is 0 Å². The van der Waals surface area contributed by atoms with Crippen LogP contribution in [0.3, 0.4) is 0 Å². The van der Waals surface area contributed by atoms with Crippen molar-refractivity contribution >= 4 is 5.78 Å². The number of aromatic nitrogens is 2. The number of hydrogen-bond acceptors (Lipinski definition) is 3. The lowest BCUT2D eigenvalue weighted by molar-refractivity contribution is -0.677. The first kappa shape index (κ1) is 17.2. The Balaban J connectivity index is 0.00000220. The fourth-order valence-electron chi connectivity index (χ4n) is 2.04. The molecule has 0 bridgehead atoms. The lowest BCUT2D eigenvalue weighted by atomic mass is 10.1. The van der Waals surface area contributed by atoms with Gasteiger partial charge in [-0.1, -0.05) is 0 Å². The van der Waals surface area contributed by atoms with Crippen molar-refractivity contribution in [3.05, 3.63) is 42.0 Å². The summed E-state index contributed by atoms with van der Waals surface area (Å²) in [5, 5.41) is 0. The Morgan fingerprint density at radius 2 is 2.00 bits per heavy atom. The van der Waals surface area contributed by atoms with Crippen LogP contribution >= 0.6 is 0 Å². The van der Waals surface area contributed by atoms with Gasteiger partial charge in [-0.05, 0) is 18.2 Å². The Hall–Kier alpha value is -1.82. The van der Waals surface area contributed by atoms with E-state index in [1.54, 1.807) is 32.4 Å². The van der Waals surface area contributed by atoms with Gasteiger partial charge in [0.2, 0.25) is 5.78 Å². The third-order valence-corrected chi connectivity index (χ3v) is 3.42. The third-order valence-electron chi connectivity index (χ3n) is 3.42. The molecule has 2 aromatic rings. The fourth-order valence-corrected chi connectivity index (χ4v) is 2.04. The van der Waals surface area contributed by atoms with E-state index in [4.69, 9.17) is 9.47 Å². The molecule has 114 valence electrons. The fraction of sp³-hybridized carbons (Fsp3) is 0.333. The largest absolute Gasteiger partial charge is 1.00 e. The van der Waals surface area contributed by atoms with Gasteiger partial charge in [-0.3, -0.25) is 4.79 Å². The third kappa shape index (κ3) is 3.64. The highest BCUT2D eigenvalue weighted by Gasteiger charge is 2.18. The van der Waals surface area contributed by atoms with E-state index >= 15 is 0 Å². The van der Waals surface area contributed by atoms with Gasteiger partial charge in [0.15, 0.2) is 6.54 Å². The lowest BCUT2D eigenvalue weighted by Gasteiger charge is -2.09. The van der Waals surface area contributed by atoms with Gasteiger partial charge in [0.1, 0.15) is 23.9 Å². The van der Waals surface area contributed by atoms with Crippen LogP contribution in [0.1, 0.15) is 16.2 Å². The second kappa shape index (κ2) is 7.26. The SMILES string of the molecule is COc1ccc(OC)c(C(=O)Cn2cc[n+](C)c2C)c1.[Br-]. The number of rotatable bonds is 5. The zero-order valence-corrected chi connectivity index (χ0v) is 14.2. The number of carbonyl (C=O) groups is 1. The van der Waals surface area contributed by atoms with Crippen LogP contribution in [0.2, 0.25) is 0 Å². The normalized spacial score (nSPS) is 9.90. The maximum Gasteiger partial charge on any atom is 0.253 e. The van der Waals surface area contributed by atoms with E-state index in [1.165, 1.54) is 0 Å². The molecule has 5 nitrogen and oxygen atoms in total. The van der Waals surface area contributed by atoms with Crippen molar-refractivity contribution in [1.82, 2.24) is 4.57 Å². The predicted octanol–water partition coefficient (Wildman–Crippen LogP) is -1.47. The van der Waals surface area contributed by atoms with E-state index in [0.717, 1.165) is 5.82 Å². The van der Waals surface area contributed by atoms with Crippen molar-refractivity contribution in [1.29, 1.82) is 0 Å². The van der Waals surface area contributed by atoms with E-state index in [2.05, 4.69) is 0 Å². The molecule has 0 amide bonds. The molecule has 0 spiro atoms. The van der Waals surface area contributed by atoms with E-state index < -0.39 is 0 Å². The first-order valence-corrected chi connectivity index (χ1v) is 6.33. The summed E-state index contributed by atoms with van der Waals surface area (Å²) in [5.74, 6) is 2.20. The minimum absolute atomic E-state index is 0. The van der Waals surface area contributed by atoms with E-state index in [9.17, 15) is 4.79 Å². The molecule has 21 heavy (non-hydrogen) atoms. The number of Topliss-reactive ketones (excluding diaryl/α,β-unsaturated/α-hetero) is 1. The summed E-state index contributed by atoms with van der Waals surface area (Å²) in [5.41, 5.74) is 0.530. The van der Waals surface area contributed by atoms with Gasteiger partial charge in [0, 0.05) is 6.92 Å². The highest BCUT2D eigenvalue weighted by atomic mass is 79.9. The highest BCUT2D eigenvalue weighted by molar-refractivity contribution is 5.99. The summed E-state index contributed by atoms with van der Waals surface area (Å²) >= 11 is 0. The molecule has 0 aliphatic carbocycles. The van der Waals surface area contributed by atoms with Gasteiger partial charge in [0.05, 0.1) is 26.8 Å². The number of aryl methyl sites for hydroxylation is 1. The van der Waals surface area contributed by atoms with Gasteiger partial charge >= 0.3 is 0 Å². The Bertz CT molecular complexity index is 638. The molecule has 1 heterocycles. The summed E-state index contributed by atoms with van der Waals surface area (Å²) in [6.45, 7) is 2.24. The first-order chi connectivity index (χ1) is 9.56. The number of ketones is 1. The number of nitrogens with zero attached hydrogens (tertiary/aromatic N) is 2. The minimum Gasteiger partial charge on any atom is -1.00 e. The molecule has 0 N–H and O–H groups in total. The van der Waals surface area contributed by atoms with Crippen LogP contribution in [-0.4, -0.2) is 24.6 Å². The van der Waals surface area contributed by atoms with Gasteiger partial charge in [-0.25, -0.2) is 9.13 Å². The average molecular weight is 355 g/mol. The van der Waals surface area contributed by atoms with Crippen molar-refractivity contribution in [2.45, 2.75) is 13.5 Å². The zero-order chi connectivity index (χ0) is 14.7. The lowest BCUT2D eigenvalue weighted by Crippen LogP contribution is -3.00. The smallest absolute Gasteiger partial charge is 0.253 e. The maximum atomic E-state index is 12.5. The summed E-state index contributed by atoms with van der Waals surface area (Å²) < 4.78 is 14.3. The quantitative estimate of drug-likeness (QED) is 0.486. The van der Waals surface area contributed by atoms with E-state index in [0.29, 0.717) is 17.1 Å². The molecule has 0 saturated heterocycles. The summed E-state index contributed by atoms with van der Waals surface area (Å²) in [4.78, 5) is 12.5. The second-order valence-corrected chi connectivity index (χ2v) is 4.57. The minimum atomic E-state index is -0.0138. The molecule has 0 aliphatic rings. The number of imidazole rings is 1. The predicted molar refractivity (Wildman–Crippen MR) is 74.2 cm³/mol. The van der Waals surface area contributed by atoms with Gasteiger partial charge < -0.3 is 26.5 Å². The molecule has 6 heteroatoms. The van der Waals surface area contributed by atoms with Gasteiger partial charge in [0.25, 0.3) is 5.82 Å². The van der Waals surface area contributed by atoms with Crippen LogP contribution in [0, 0.1) is 6.92 Å². The van der Waals surface area contributed by atoms with E-state index in [1.807, 2.05) is 35.5 Å². The molecule has 0 unspecified atom stereocenters. The zero-order valence-electron chi connectivity index (χ0n) is 12.6. The molecule has 0 saturated carbocycles. The maximum absolute atomic E-state index is 12.5. The van der Waals surface area contributed by atoms with Gasteiger partial charge in [-0.15, -0.1) is 0 Å². The van der Waals surface area contributed by atoms with Crippen LogP contribution in [0.4, 0.5) is 0 Å². The highest BCUT2D eigenvalue weighted by Crippen LogP contribution is 2.24. The van der Waals surface area contributed by atoms with Crippen molar-refractivity contribution in [3.8, 4) is 11.5 Å². The van der Waals surface area contributed by atoms with Crippen LogP contribution < -0.4 is 31.0 Å². The second-order valence-electron chi connectivity index (χ2n) is 4.57. The standard InChI is InChI=1S/C15H19N2O3.BrH/c1-11-16(2)7-8-17(11)10-14(18)13-9-12(19-3)5-6-15(13)20-4;/h5-9H,10H2,1-4H3;1H/q+1;/p-1. The monoisotopic (exact) mass is 354 g/mol. The number of halogens is 1. The first-order valence-electron chi connectivity index (χ1n) is 6.33. The summed E-state index contributed by atoms with van der Waals surface area (Å²) in [6.07, 6.45) is 3.81. The molecule has 0 atom stereocenters. The Labute approximate surface area is 134 Å².